The summed E-state index contributed by atoms with van der Waals surface area (Å²) in [5.74, 6) is -1.22. The van der Waals surface area contributed by atoms with E-state index in [4.69, 9.17) is 9.15 Å². The zero-order chi connectivity index (χ0) is 19.7. The van der Waals surface area contributed by atoms with Gasteiger partial charge in [-0.25, -0.2) is 4.79 Å². The summed E-state index contributed by atoms with van der Waals surface area (Å²) < 4.78 is 11.9. The van der Waals surface area contributed by atoms with Gasteiger partial charge in [-0.2, -0.15) is 0 Å². The summed E-state index contributed by atoms with van der Waals surface area (Å²) in [5.41, 5.74) is 2.98. The van der Waals surface area contributed by atoms with E-state index in [1.165, 1.54) is 9.47 Å². The van der Waals surface area contributed by atoms with Crippen LogP contribution in [0.5, 0.6) is 0 Å². The highest BCUT2D eigenvalue weighted by molar-refractivity contribution is 6.10. The van der Waals surface area contributed by atoms with Gasteiger partial charge in [0.15, 0.2) is 5.58 Å². The SMILES string of the molecule is C=C1c2ccccc2C(=O)N1CC(=O)OCCCn1c(=O)oc2ccccc21. The quantitative estimate of drug-likeness (QED) is 0.487. The molecule has 0 atom stereocenters. The predicted molar refractivity (Wildman–Crippen MR) is 103 cm³/mol. The molecule has 0 spiro atoms. The number of oxazole rings is 1. The number of benzene rings is 2. The third kappa shape index (κ3) is 3.11. The largest absolute Gasteiger partial charge is 0.464 e. The van der Waals surface area contributed by atoms with Gasteiger partial charge in [0.1, 0.15) is 6.54 Å². The van der Waals surface area contributed by atoms with Crippen molar-refractivity contribution in [3.05, 3.63) is 76.8 Å². The smallest absolute Gasteiger partial charge is 0.419 e. The number of amides is 1. The number of aromatic nitrogens is 1. The molecule has 28 heavy (non-hydrogen) atoms. The summed E-state index contributed by atoms with van der Waals surface area (Å²) in [6, 6.07) is 14.2. The first-order chi connectivity index (χ1) is 13.6. The fourth-order valence-electron chi connectivity index (χ4n) is 3.31. The van der Waals surface area contributed by atoms with Crippen molar-refractivity contribution in [1.29, 1.82) is 0 Å². The predicted octanol–water partition coefficient (Wildman–Crippen LogP) is 2.65. The van der Waals surface area contributed by atoms with Crippen LogP contribution in [-0.2, 0) is 16.1 Å². The number of aryl methyl sites for hydroxylation is 1. The van der Waals surface area contributed by atoms with Crippen LogP contribution in [0.15, 0.2) is 64.3 Å². The van der Waals surface area contributed by atoms with Crippen LogP contribution in [-0.4, -0.2) is 34.5 Å². The first-order valence-corrected chi connectivity index (χ1v) is 8.90. The number of nitrogens with zero attached hydrogens (tertiary/aromatic N) is 2. The Hall–Kier alpha value is -3.61. The lowest BCUT2D eigenvalue weighted by molar-refractivity contribution is -0.143. The number of rotatable bonds is 6. The lowest BCUT2D eigenvalue weighted by atomic mass is 10.1. The molecule has 142 valence electrons. The number of ether oxygens (including phenoxy) is 1. The van der Waals surface area contributed by atoms with Crippen molar-refractivity contribution in [2.24, 2.45) is 0 Å². The molecular formula is C21H18N2O5. The Morgan fingerprint density at radius 1 is 1.04 bits per heavy atom. The Balaban J connectivity index is 1.31. The topological polar surface area (TPSA) is 81.8 Å². The van der Waals surface area contributed by atoms with Crippen LogP contribution in [0.25, 0.3) is 16.8 Å². The average Bonchev–Trinajstić information content (AvgIpc) is 3.14. The number of carbonyl (C=O) groups excluding carboxylic acids is 2. The Morgan fingerprint density at radius 2 is 1.75 bits per heavy atom. The van der Waals surface area contributed by atoms with Crippen LogP contribution in [0.4, 0.5) is 0 Å². The van der Waals surface area contributed by atoms with Crippen molar-refractivity contribution in [2.75, 3.05) is 13.2 Å². The molecule has 2 aromatic carbocycles. The maximum absolute atomic E-state index is 12.4. The standard InChI is InChI=1S/C21H18N2O5/c1-14-15-7-2-3-8-16(15)20(25)23(14)13-19(24)27-12-6-11-22-17-9-4-5-10-18(17)28-21(22)26/h2-5,7-10H,1,6,11-13H2. The fraction of sp³-hybridized carbons (Fsp3) is 0.190. The van der Waals surface area contributed by atoms with Gasteiger partial charge in [0.05, 0.1) is 12.1 Å². The number of hydrogen-bond acceptors (Lipinski definition) is 5. The molecule has 2 heterocycles. The fourth-order valence-corrected chi connectivity index (χ4v) is 3.31. The second kappa shape index (κ2) is 7.19. The highest BCUT2D eigenvalue weighted by Crippen LogP contribution is 2.30. The lowest BCUT2D eigenvalue weighted by Crippen LogP contribution is -2.30. The third-order valence-electron chi connectivity index (χ3n) is 4.69. The normalized spacial score (nSPS) is 13.2. The summed E-state index contributed by atoms with van der Waals surface area (Å²) >= 11 is 0. The molecule has 0 saturated heterocycles. The summed E-state index contributed by atoms with van der Waals surface area (Å²) in [6.07, 6.45) is 0.449. The molecule has 1 aromatic heterocycles. The highest BCUT2D eigenvalue weighted by atomic mass is 16.5. The molecule has 0 saturated carbocycles. The molecule has 0 aliphatic carbocycles. The van der Waals surface area contributed by atoms with Gasteiger partial charge in [0.2, 0.25) is 0 Å². The second-order valence-corrected chi connectivity index (χ2v) is 6.44. The lowest BCUT2D eigenvalue weighted by Gasteiger charge is -2.16. The van der Waals surface area contributed by atoms with Gasteiger partial charge in [-0.3, -0.25) is 19.1 Å². The minimum absolute atomic E-state index is 0.131. The van der Waals surface area contributed by atoms with Gasteiger partial charge in [-0.05, 0) is 24.6 Å². The maximum Gasteiger partial charge on any atom is 0.419 e. The van der Waals surface area contributed by atoms with E-state index in [0.29, 0.717) is 35.3 Å². The highest BCUT2D eigenvalue weighted by Gasteiger charge is 2.32. The molecule has 0 unspecified atom stereocenters. The molecule has 7 nitrogen and oxygen atoms in total. The molecule has 4 rings (SSSR count). The number of esters is 1. The van der Waals surface area contributed by atoms with Crippen LogP contribution in [0, 0.1) is 0 Å². The maximum atomic E-state index is 12.4. The number of hydrogen-bond donors (Lipinski definition) is 0. The van der Waals surface area contributed by atoms with Crippen molar-refractivity contribution in [3.63, 3.8) is 0 Å². The molecule has 1 aliphatic heterocycles. The monoisotopic (exact) mass is 378 g/mol. The first-order valence-electron chi connectivity index (χ1n) is 8.90. The van der Waals surface area contributed by atoms with Crippen LogP contribution in [0.2, 0.25) is 0 Å². The van der Waals surface area contributed by atoms with Gasteiger partial charge in [0.25, 0.3) is 5.91 Å². The molecule has 0 radical (unpaired) electrons. The molecule has 3 aromatic rings. The molecular weight excluding hydrogens is 360 g/mol. The number of carbonyl (C=O) groups is 2. The third-order valence-corrected chi connectivity index (χ3v) is 4.69. The molecule has 0 bridgehead atoms. The minimum Gasteiger partial charge on any atom is -0.464 e. The van der Waals surface area contributed by atoms with Crippen molar-refractivity contribution in [3.8, 4) is 0 Å². The van der Waals surface area contributed by atoms with Crippen LogP contribution in [0.3, 0.4) is 0 Å². The molecule has 0 fully saturated rings. The van der Waals surface area contributed by atoms with Gasteiger partial charge in [-0.1, -0.05) is 36.9 Å². The Labute approximate surface area is 160 Å². The molecule has 0 N–H and O–H groups in total. The van der Waals surface area contributed by atoms with Crippen LogP contribution < -0.4 is 5.76 Å². The van der Waals surface area contributed by atoms with Crippen LogP contribution in [0.1, 0.15) is 22.3 Å². The van der Waals surface area contributed by atoms with E-state index in [0.717, 1.165) is 5.56 Å². The van der Waals surface area contributed by atoms with E-state index in [1.54, 1.807) is 36.4 Å². The summed E-state index contributed by atoms with van der Waals surface area (Å²) in [6.45, 7) is 4.20. The van der Waals surface area contributed by atoms with Crippen molar-refractivity contribution in [1.82, 2.24) is 9.47 Å². The first kappa shape index (κ1) is 17.8. The van der Waals surface area contributed by atoms with E-state index in [-0.39, 0.29) is 19.1 Å². The average molecular weight is 378 g/mol. The zero-order valence-corrected chi connectivity index (χ0v) is 15.1. The van der Waals surface area contributed by atoms with E-state index in [1.807, 2.05) is 12.1 Å². The second-order valence-electron chi connectivity index (χ2n) is 6.44. The van der Waals surface area contributed by atoms with E-state index >= 15 is 0 Å². The van der Waals surface area contributed by atoms with Gasteiger partial charge < -0.3 is 9.15 Å². The van der Waals surface area contributed by atoms with Gasteiger partial charge >= 0.3 is 11.7 Å². The Kier molecular flexibility index (Phi) is 4.57. The van der Waals surface area contributed by atoms with Gasteiger partial charge in [-0.15, -0.1) is 0 Å². The van der Waals surface area contributed by atoms with Crippen molar-refractivity contribution < 1.29 is 18.7 Å². The van der Waals surface area contributed by atoms with Gasteiger partial charge in [0, 0.05) is 23.4 Å². The van der Waals surface area contributed by atoms with Crippen molar-refractivity contribution >= 4 is 28.7 Å². The Bertz CT molecular complexity index is 1110. The minimum atomic E-state index is -0.522. The molecule has 1 aliphatic rings. The van der Waals surface area contributed by atoms with Crippen LogP contribution >= 0.6 is 0 Å². The summed E-state index contributed by atoms with van der Waals surface area (Å²) in [5, 5.41) is 0. The zero-order valence-electron chi connectivity index (χ0n) is 15.1. The number of fused-ring (bicyclic) bond motifs is 2. The molecule has 7 heteroatoms. The van der Waals surface area contributed by atoms with Crippen molar-refractivity contribution in [2.45, 2.75) is 13.0 Å². The molecule has 1 amide bonds. The Morgan fingerprint density at radius 3 is 2.54 bits per heavy atom. The van der Waals surface area contributed by atoms with E-state index < -0.39 is 11.7 Å². The number of para-hydroxylation sites is 2. The summed E-state index contributed by atoms with van der Waals surface area (Å²) in [7, 11) is 0. The summed E-state index contributed by atoms with van der Waals surface area (Å²) in [4.78, 5) is 37.8. The van der Waals surface area contributed by atoms with E-state index in [2.05, 4.69) is 6.58 Å². The van der Waals surface area contributed by atoms with E-state index in [9.17, 15) is 14.4 Å².